The highest BCUT2D eigenvalue weighted by molar-refractivity contribution is 6.21. The van der Waals surface area contributed by atoms with Crippen LogP contribution in [0.4, 0.5) is 11.4 Å². The molecule has 9 rings (SSSR count). The van der Waals surface area contributed by atoms with Gasteiger partial charge in [0.1, 0.15) is 0 Å². The Balaban J connectivity index is 1.13. The van der Waals surface area contributed by atoms with E-state index in [9.17, 15) is 0 Å². The van der Waals surface area contributed by atoms with Crippen LogP contribution < -0.4 is 4.90 Å². The molecular weight excluding hydrogens is 569 g/mol. The molecule has 0 bridgehead atoms. The van der Waals surface area contributed by atoms with Crippen LogP contribution in [0, 0.1) is 0 Å². The van der Waals surface area contributed by atoms with Gasteiger partial charge in [-0.15, -0.1) is 0 Å². The van der Waals surface area contributed by atoms with Crippen molar-refractivity contribution in [2.24, 2.45) is 0 Å². The minimum atomic E-state index is 1.17. The van der Waals surface area contributed by atoms with Gasteiger partial charge in [-0.2, -0.15) is 0 Å². The fourth-order valence-corrected chi connectivity index (χ4v) is 7.09. The van der Waals surface area contributed by atoms with Gasteiger partial charge >= 0.3 is 0 Å². The highest BCUT2D eigenvalue weighted by Gasteiger charge is 2.16. The Morgan fingerprint density at radius 1 is 0.383 bits per heavy atom. The first-order chi connectivity index (χ1) is 23.2. The maximum Gasteiger partial charge on any atom is 0.0547 e. The van der Waals surface area contributed by atoms with Crippen molar-refractivity contribution in [2.75, 3.05) is 11.9 Å². The zero-order valence-electron chi connectivity index (χ0n) is 26.1. The first-order valence-corrected chi connectivity index (χ1v) is 16.2. The molecule has 0 unspecified atom stereocenters. The maximum absolute atomic E-state index is 2.44. The lowest BCUT2D eigenvalue weighted by atomic mass is 9.98. The number of nitrogens with zero attached hydrogens (tertiary/aromatic N) is 2. The molecule has 0 aliphatic heterocycles. The Hall–Kier alpha value is -6.12. The molecule has 0 saturated heterocycles. The normalized spacial score (nSPS) is 11.5. The third-order valence-electron chi connectivity index (χ3n) is 9.60. The number of aromatic nitrogens is 1. The van der Waals surface area contributed by atoms with Crippen LogP contribution in [-0.4, -0.2) is 11.6 Å². The van der Waals surface area contributed by atoms with Gasteiger partial charge in [0, 0.05) is 34.9 Å². The van der Waals surface area contributed by atoms with Gasteiger partial charge in [-0.3, -0.25) is 0 Å². The minimum absolute atomic E-state index is 1.17. The van der Waals surface area contributed by atoms with Gasteiger partial charge in [-0.1, -0.05) is 127 Å². The molecule has 0 amide bonds. The minimum Gasteiger partial charge on any atom is -0.345 e. The van der Waals surface area contributed by atoms with E-state index in [1.54, 1.807) is 0 Å². The van der Waals surface area contributed by atoms with Crippen LogP contribution in [0.3, 0.4) is 0 Å². The molecule has 47 heavy (non-hydrogen) atoms. The van der Waals surface area contributed by atoms with E-state index in [1.165, 1.54) is 82.7 Å². The summed E-state index contributed by atoms with van der Waals surface area (Å²) in [5.74, 6) is 0. The molecule has 9 aromatic rings. The Morgan fingerprint density at radius 2 is 0.957 bits per heavy atom. The number of para-hydroxylation sites is 1. The van der Waals surface area contributed by atoms with E-state index in [0.29, 0.717) is 0 Å². The summed E-state index contributed by atoms with van der Waals surface area (Å²) >= 11 is 0. The highest BCUT2D eigenvalue weighted by Crippen LogP contribution is 2.39. The first-order valence-electron chi connectivity index (χ1n) is 16.2. The Labute approximate surface area is 274 Å². The summed E-state index contributed by atoms with van der Waals surface area (Å²) in [6, 6.07) is 63.8. The summed E-state index contributed by atoms with van der Waals surface area (Å²) in [7, 11) is 2.11. The van der Waals surface area contributed by atoms with Crippen molar-refractivity contribution in [3.05, 3.63) is 176 Å². The van der Waals surface area contributed by atoms with Crippen molar-refractivity contribution in [1.29, 1.82) is 0 Å². The average Bonchev–Trinajstić information content (AvgIpc) is 3.49. The van der Waals surface area contributed by atoms with Crippen LogP contribution in [0.15, 0.2) is 176 Å². The molecule has 0 N–H and O–H groups in total. The standard InChI is InChI=1S/C45H32N2/c1-46(38-12-3-2-4-13-38)39-24-19-33(20-25-39)32-15-17-34(18-16-32)37-22-27-42-44(30-37)47(40-26-21-31-9-5-6-11-36(31)29-40)43-28-23-35-10-7-8-14-41(35)45(42)43/h2-30H,1H3. The molecule has 1 aromatic heterocycles. The molecule has 0 aliphatic carbocycles. The van der Waals surface area contributed by atoms with Crippen molar-refractivity contribution >= 4 is 54.7 Å². The van der Waals surface area contributed by atoms with E-state index >= 15 is 0 Å². The summed E-state index contributed by atoms with van der Waals surface area (Å²) < 4.78 is 2.44. The van der Waals surface area contributed by atoms with Gasteiger partial charge in [0.05, 0.1) is 11.0 Å². The highest BCUT2D eigenvalue weighted by atomic mass is 15.1. The Bertz CT molecular complexity index is 2560. The number of hydrogen-bond acceptors (Lipinski definition) is 1. The number of benzene rings is 8. The quantitative estimate of drug-likeness (QED) is 0.191. The lowest BCUT2D eigenvalue weighted by Crippen LogP contribution is -2.08. The fourth-order valence-electron chi connectivity index (χ4n) is 7.09. The molecule has 0 saturated carbocycles. The SMILES string of the molecule is CN(c1ccccc1)c1ccc(-c2ccc(-c3ccc4c5c6ccccc6ccc5n(-c5ccc6ccccc6c5)c4c3)cc2)cc1. The van der Waals surface area contributed by atoms with Crippen molar-refractivity contribution in [3.8, 4) is 27.9 Å². The van der Waals surface area contributed by atoms with Crippen LogP contribution in [-0.2, 0) is 0 Å². The number of hydrogen-bond donors (Lipinski definition) is 0. The molecule has 2 nitrogen and oxygen atoms in total. The van der Waals surface area contributed by atoms with E-state index < -0.39 is 0 Å². The third kappa shape index (κ3) is 4.65. The summed E-state index contributed by atoms with van der Waals surface area (Å²) in [6.45, 7) is 0. The van der Waals surface area contributed by atoms with E-state index in [1.807, 2.05) is 0 Å². The molecule has 1 heterocycles. The van der Waals surface area contributed by atoms with E-state index in [0.717, 1.165) is 0 Å². The van der Waals surface area contributed by atoms with E-state index in [-0.39, 0.29) is 0 Å². The van der Waals surface area contributed by atoms with Crippen molar-refractivity contribution in [1.82, 2.24) is 4.57 Å². The number of anilines is 2. The summed E-state index contributed by atoms with van der Waals surface area (Å²) in [6.07, 6.45) is 0. The van der Waals surface area contributed by atoms with Crippen LogP contribution in [0.1, 0.15) is 0 Å². The number of fused-ring (bicyclic) bond motifs is 6. The van der Waals surface area contributed by atoms with Crippen LogP contribution in [0.5, 0.6) is 0 Å². The van der Waals surface area contributed by atoms with Gasteiger partial charge < -0.3 is 9.47 Å². The van der Waals surface area contributed by atoms with Crippen LogP contribution in [0.25, 0.3) is 71.3 Å². The summed E-state index contributed by atoms with van der Waals surface area (Å²) in [5.41, 5.74) is 10.8. The van der Waals surface area contributed by atoms with E-state index in [4.69, 9.17) is 0 Å². The largest absolute Gasteiger partial charge is 0.345 e. The van der Waals surface area contributed by atoms with Gasteiger partial charge in [-0.05, 0) is 92.3 Å². The predicted molar refractivity (Wildman–Crippen MR) is 201 cm³/mol. The zero-order valence-corrected chi connectivity index (χ0v) is 26.1. The number of rotatable bonds is 5. The molecule has 0 spiro atoms. The van der Waals surface area contributed by atoms with Gasteiger partial charge in [-0.25, -0.2) is 0 Å². The molecule has 0 fully saturated rings. The molecule has 0 radical (unpaired) electrons. The van der Waals surface area contributed by atoms with Crippen molar-refractivity contribution < 1.29 is 0 Å². The maximum atomic E-state index is 2.44. The van der Waals surface area contributed by atoms with Gasteiger partial charge in [0.15, 0.2) is 0 Å². The first kappa shape index (κ1) is 27.2. The smallest absolute Gasteiger partial charge is 0.0547 e. The van der Waals surface area contributed by atoms with Crippen LogP contribution >= 0.6 is 0 Å². The molecule has 222 valence electrons. The zero-order chi connectivity index (χ0) is 31.3. The molecule has 0 aliphatic rings. The fraction of sp³-hybridized carbons (Fsp3) is 0.0222. The molecule has 8 aromatic carbocycles. The molecular formula is C45H32N2. The van der Waals surface area contributed by atoms with Crippen molar-refractivity contribution in [3.63, 3.8) is 0 Å². The lowest BCUT2D eigenvalue weighted by molar-refractivity contribution is 1.19. The lowest BCUT2D eigenvalue weighted by Gasteiger charge is -2.19. The second kappa shape index (κ2) is 11.0. The van der Waals surface area contributed by atoms with Gasteiger partial charge in [0.25, 0.3) is 0 Å². The Kier molecular flexibility index (Phi) is 6.39. The Morgan fingerprint density at radius 3 is 1.72 bits per heavy atom. The third-order valence-corrected chi connectivity index (χ3v) is 9.60. The predicted octanol–water partition coefficient (Wildman–Crippen LogP) is 12.2. The van der Waals surface area contributed by atoms with Crippen LogP contribution in [0.2, 0.25) is 0 Å². The molecule has 0 atom stereocenters. The average molecular weight is 601 g/mol. The van der Waals surface area contributed by atoms with Gasteiger partial charge in [0.2, 0.25) is 0 Å². The monoisotopic (exact) mass is 600 g/mol. The van der Waals surface area contributed by atoms with Crippen molar-refractivity contribution in [2.45, 2.75) is 0 Å². The topological polar surface area (TPSA) is 8.17 Å². The molecule has 2 heteroatoms. The second-order valence-electron chi connectivity index (χ2n) is 12.3. The summed E-state index contributed by atoms with van der Waals surface area (Å²) in [4.78, 5) is 2.21. The summed E-state index contributed by atoms with van der Waals surface area (Å²) in [5, 5.41) is 7.61. The van der Waals surface area contributed by atoms with E-state index in [2.05, 4.69) is 192 Å². The second-order valence-corrected chi connectivity index (χ2v) is 12.3.